The summed E-state index contributed by atoms with van der Waals surface area (Å²) in [5.74, 6) is -0.190. The zero-order valence-corrected chi connectivity index (χ0v) is 13.5. The van der Waals surface area contributed by atoms with Gasteiger partial charge in [0.15, 0.2) is 0 Å². The van der Waals surface area contributed by atoms with Gasteiger partial charge in [0, 0.05) is 29.8 Å². The van der Waals surface area contributed by atoms with Crippen molar-refractivity contribution < 1.29 is 9.72 Å². The Morgan fingerprint density at radius 3 is 2.35 bits per heavy atom. The molecule has 0 spiro atoms. The molecule has 0 heterocycles. The predicted molar refractivity (Wildman–Crippen MR) is 89.3 cm³/mol. The molecule has 0 aliphatic heterocycles. The lowest BCUT2D eigenvalue weighted by Gasteiger charge is -2.27. The Hall–Kier alpha value is -2.69. The first-order valence-corrected chi connectivity index (χ1v) is 7.50. The number of amides is 1. The molecular formula is C18H20N2O3. The van der Waals surface area contributed by atoms with Gasteiger partial charge in [-0.3, -0.25) is 14.9 Å². The summed E-state index contributed by atoms with van der Waals surface area (Å²) in [4.78, 5) is 25.2. The van der Waals surface area contributed by atoms with E-state index in [9.17, 15) is 14.9 Å². The molecule has 0 saturated carbocycles. The van der Waals surface area contributed by atoms with Crippen molar-refractivity contribution >= 4 is 11.6 Å². The van der Waals surface area contributed by atoms with E-state index in [0.717, 1.165) is 5.56 Å². The fourth-order valence-electron chi connectivity index (χ4n) is 2.48. The topological polar surface area (TPSA) is 63.5 Å². The number of hydrogen-bond donors (Lipinski definition) is 0. The molecule has 23 heavy (non-hydrogen) atoms. The molecule has 1 amide bonds. The van der Waals surface area contributed by atoms with Gasteiger partial charge < -0.3 is 4.90 Å². The number of nitrogens with zero attached hydrogens (tertiary/aromatic N) is 2. The Labute approximate surface area is 135 Å². The summed E-state index contributed by atoms with van der Waals surface area (Å²) in [6, 6.07) is 14.3. The standard InChI is InChI=1S/C18H20N2O3/c1-13(2)19(12-15-8-5-4-6-9-15)18(21)16-10-7-11-17(14(16)3)20(22)23/h4-11,13H,12H2,1-3H3. The number of carbonyl (C=O) groups is 1. The van der Waals surface area contributed by atoms with Crippen molar-refractivity contribution in [2.75, 3.05) is 0 Å². The maximum Gasteiger partial charge on any atom is 0.273 e. The summed E-state index contributed by atoms with van der Waals surface area (Å²) in [5, 5.41) is 11.1. The van der Waals surface area contributed by atoms with E-state index < -0.39 is 4.92 Å². The van der Waals surface area contributed by atoms with Crippen molar-refractivity contribution in [1.29, 1.82) is 0 Å². The Kier molecular flexibility index (Phi) is 5.11. The van der Waals surface area contributed by atoms with E-state index in [0.29, 0.717) is 17.7 Å². The van der Waals surface area contributed by atoms with Gasteiger partial charge in [0.1, 0.15) is 0 Å². The van der Waals surface area contributed by atoms with Crippen LogP contribution in [0.1, 0.15) is 35.3 Å². The van der Waals surface area contributed by atoms with E-state index >= 15 is 0 Å². The first-order chi connectivity index (χ1) is 10.9. The number of rotatable bonds is 5. The average Bonchev–Trinajstić information content (AvgIpc) is 2.52. The molecule has 0 radical (unpaired) electrons. The highest BCUT2D eigenvalue weighted by Crippen LogP contribution is 2.23. The SMILES string of the molecule is Cc1c(C(=O)N(Cc2ccccc2)C(C)C)cccc1[N+](=O)[O-]. The maximum atomic E-state index is 12.9. The predicted octanol–water partition coefficient (Wildman–Crippen LogP) is 3.95. The Bertz CT molecular complexity index is 711. The molecule has 2 rings (SSSR count). The van der Waals surface area contributed by atoms with Crippen LogP contribution in [0.2, 0.25) is 0 Å². The Morgan fingerprint density at radius 1 is 1.13 bits per heavy atom. The molecule has 0 aliphatic carbocycles. The Morgan fingerprint density at radius 2 is 1.78 bits per heavy atom. The van der Waals surface area contributed by atoms with E-state index in [1.54, 1.807) is 24.0 Å². The molecule has 120 valence electrons. The summed E-state index contributed by atoms with van der Waals surface area (Å²) in [5.41, 5.74) is 1.78. The minimum absolute atomic E-state index is 0.0126. The van der Waals surface area contributed by atoms with Crippen LogP contribution in [0.3, 0.4) is 0 Å². The molecular weight excluding hydrogens is 292 g/mol. The normalized spacial score (nSPS) is 10.6. The second-order valence-electron chi connectivity index (χ2n) is 5.72. The summed E-state index contributed by atoms with van der Waals surface area (Å²) >= 11 is 0. The van der Waals surface area contributed by atoms with Gasteiger partial charge in [-0.2, -0.15) is 0 Å². The summed E-state index contributed by atoms with van der Waals surface area (Å²) in [6.07, 6.45) is 0. The first kappa shape index (κ1) is 16.7. The van der Waals surface area contributed by atoms with Crippen LogP contribution in [0.5, 0.6) is 0 Å². The number of nitro groups is 1. The second-order valence-corrected chi connectivity index (χ2v) is 5.72. The molecule has 0 aliphatic rings. The summed E-state index contributed by atoms with van der Waals surface area (Å²) in [6.45, 7) is 5.97. The van der Waals surface area contributed by atoms with Crippen molar-refractivity contribution in [2.45, 2.75) is 33.4 Å². The zero-order valence-electron chi connectivity index (χ0n) is 13.5. The lowest BCUT2D eigenvalue weighted by atomic mass is 10.0. The van der Waals surface area contributed by atoms with Crippen LogP contribution in [-0.2, 0) is 6.54 Å². The van der Waals surface area contributed by atoms with Crippen LogP contribution in [0.25, 0.3) is 0 Å². The van der Waals surface area contributed by atoms with Crippen LogP contribution in [0.4, 0.5) is 5.69 Å². The van der Waals surface area contributed by atoms with Gasteiger partial charge in [-0.25, -0.2) is 0 Å². The summed E-state index contributed by atoms with van der Waals surface area (Å²) < 4.78 is 0. The van der Waals surface area contributed by atoms with Crippen molar-refractivity contribution in [3.05, 3.63) is 75.3 Å². The van der Waals surface area contributed by atoms with Crippen molar-refractivity contribution in [3.63, 3.8) is 0 Å². The number of carbonyl (C=O) groups excluding carboxylic acids is 1. The maximum absolute atomic E-state index is 12.9. The van der Waals surface area contributed by atoms with E-state index in [-0.39, 0.29) is 17.6 Å². The molecule has 0 N–H and O–H groups in total. The van der Waals surface area contributed by atoms with Crippen LogP contribution < -0.4 is 0 Å². The number of nitro benzene ring substituents is 1. The van der Waals surface area contributed by atoms with Gasteiger partial charge in [0.2, 0.25) is 0 Å². The molecule has 5 heteroatoms. The van der Waals surface area contributed by atoms with Crippen LogP contribution in [0, 0.1) is 17.0 Å². The van der Waals surface area contributed by atoms with Gasteiger partial charge in [-0.1, -0.05) is 36.4 Å². The number of hydrogen-bond acceptors (Lipinski definition) is 3. The molecule has 5 nitrogen and oxygen atoms in total. The third kappa shape index (κ3) is 3.74. The molecule has 0 atom stereocenters. The third-order valence-electron chi connectivity index (χ3n) is 3.81. The van der Waals surface area contributed by atoms with Crippen molar-refractivity contribution in [3.8, 4) is 0 Å². The van der Waals surface area contributed by atoms with Gasteiger partial charge >= 0.3 is 0 Å². The molecule has 0 aromatic heterocycles. The highest BCUT2D eigenvalue weighted by molar-refractivity contribution is 5.96. The summed E-state index contributed by atoms with van der Waals surface area (Å²) in [7, 11) is 0. The second kappa shape index (κ2) is 7.05. The quantitative estimate of drug-likeness (QED) is 0.620. The monoisotopic (exact) mass is 312 g/mol. The third-order valence-corrected chi connectivity index (χ3v) is 3.81. The van der Waals surface area contributed by atoms with E-state index in [1.807, 2.05) is 44.2 Å². The van der Waals surface area contributed by atoms with Crippen molar-refractivity contribution in [1.82, 2.24) is 4.90 Å². The minimum Gasteiger partial charge on any atom is -0.332 e. The van der Waals surface area contributed by atoms with Crippen LogP contribution in [0.15, 0.2) is 48.5 Å². The Balaban J connectivity index is 2.35. The van der Waals surface area contributed by atoms with Gasteiger partial charge in [0.25, 0.3) is 11.6 Å². The molecule has 2 aromatic rings. The van der Waals surface area contributed by atoms with Crippen LogP contribution >= 0.6 is 0 Å². The van der Waals surface area contributed by atoms with E-state index in [4.69, 9.17) is 0 Å². The smallest absolute Gasteiger partial charge is 0.273 e. The lowest BCUT2D eigenvalue weighted by Crippen LogP contribution is -2.36. The fourth-order valence-corrected chi connectivity index (χ4v) is 2.48. The van der Waals surface area contributed by atoms with E-state index in [1.165, 1.54) is 6.07 Å². The van der Waals surface area contributed by atoms with E-state index in [2.05, 4.69) is 0 Å². The van der Waals surface area contributed by atoms with Gasteiger partial charge in [0.05, 0.1) is 4.92 Å². The minimum atomic E-state index is -0.455. The first-order valence-electron chi connectivity index (χ1n) is 7.50. The lowest BCUT2D eigenvalue weighted by molar-refractivity contribution is -0.385. The molecule has 0 saturated heterocycles. The fraction of sp³-hybridized carbons (Fsp3) is 0.278. The number of benzene rings is 2. The highest BCUT2D eigenvalue weighted by atomic mass is 16.6. The zero-order chi connectivity index (χ0) is 17.0. The van der Waals surface area contributed by atoms with Gasteiger partial charge in [-0.05, 0) is 32.4 Å². The molecule has 0 fully saturated rings. The molecule has 0 unspecified atom stereocenters. The highest BCUT2D eigenvalue weighted by Gasteiger charge is 2.24. The average molecular weight is 312 g/mol. The largest absolute Gasteiger partial charge is 0.332 e. The molecule has 2 aromatic carbocycles. The van der Waals surface area contributed by atoms with Crippen LogP contribution in [-0.4, -0.2) is 21.8 Å². The van der Waals surface area contributed by atoms with Crippen molar-refractivity contribution in [2.24, 2.45) is 0 Å². The van der Waals surface area contributed by atoms with Gasteiger partial charge in [-0.15, -0.1) is 0 Å². The molecule has 0 bridgehead atoms.